The summed E-state index contributed by atoms with van der Waals surface area (Å²) in [4.78, 5) is 0. The number of aliphatic hydroxyl groups is 2. The van der Waals surface area contributed by atoms with Crippen molar-refractivity contribution in [1.29, 1.82) is 0 Å². The summed E-state index contributed by atoms with van der Waals surface area (Å²) in [5.74, 6) is 0. The predicted molar refractivity (Wildman–Crippen MR) is 117 cm³/mol. The van der Waals surface area contributed by atoms with Gasteiger partial charge in [0.05, 0.1) is 13.2 Å². The molecule has 1 aliphatic rings. The van der Waals surface area contributed by atoms with Gasteiger partial charge in [0.2, 0.25) is 0 Å². The fraction of sp³-hybridized carbons (Fsp3) is 1.00. The molecule has 0 amide bonds. The molecule has 1 saturated heterocycles. The second-order valence-electron chi connectivity index (χ2n) is 7.01. The largest absolute Gasteiger partial charge is 0.394 e. The summed E-state index contributed by atoms with van der Waals surface area (Å²) in [7, 11) is 0. The van der Waals surface area contributed by atoms with E-state index >= 15 is 0 Å². The SMILES string of the molecule is CCC[CH2][Sn](=[O])[CH2]CCC.CCC[CH2][Sn]1([CH2]CCC)[O]CC[O]1.OCCO. The van der Waals surface area contributed by atoms with Crippen molar-refractivity contribution in [2.24, 2.45) is 0 Å². The number of hydrogen-bond acceptors (Lipinski definition) is 5. The molecule has 0 saturated carbocycles. The molecule has 0 bridgehead atoms. The summed E-state index contributed by atoms with van der Waals surface area (Å²) in [5.41, 5.74) is 0. The van der Waals surface area contributed by atoms with E-state index in [0.717, 1.165) is 22.1 Å². The Kier molecular flexibility index (Phi) is 26.5. The molecule has 0 unspecified atom stereocenters. The number of unbranched alkanes of at least 4 members (excludes halogenated alkanes) is 4. The topological polar surface area (TPSA) is 76.0 Å². The number of hydrogen-bond donors (Lipinski definition) is 2. The summed E-state index contributed by atoms with van der Waals surface area (Å²) in [6.07, 6.45) is 9.97. The van der Waals surface area contributed by atoms with Crippen LogP contribution in [0, 0.1) is 0 Å². The van der Waals surface area contributed by atoms with Crippen LogP contribution >= 0.6 is 0 Å². The van der Waals surface area contributed by atoms with Crippen LogP contribution in [0.5, 0.6) is 0 Å². The third-order valence-corrected chi connectivity index (χ3v) is 20.1. The van der Waals surface area contributed by atoms with Crippen molar-refractivity contribution in [1.82, 2.24) is 0 Å². The van der Waals surface area contributed by atoms with Gasteiger partial charge in [0.15, 0.2) is 0 Å². The molecule has 1 aliphatic heterocycles. The van der Waals surface area contributed by atoms with Crippen LogP contribution < -0.4 is 0 Å². The Labute approximate surface area is 180 Å². The molecule has 7 heteroatoms. The maximum atomic E-state index is 11.2. The molecule has 5 nitrogen and oxygen atoms in total. The summed E-state index contributed by atoms with van der Waals surface area (Å²) < 4.78 is 27.8. The van der Waals surface area contributed by atoms with Crippen LogP contribution in [0.1, 0.15) is 79.1 Å². The molecule has 2 N–H and O–H groups in total. The van der Waals surface area contributed by atoms with Gasteiger partial charge in [-0.3, -0.25) is 0 Å². The van der Waals surface area contributed by atoms with Crippen molar-refractivity contribution < 1.29 is 19.4 Å². The Morgan fingerprint density at radius 1 is 0.741 bits per heavy atom. The molecule has 0 atom stereocenters. The average molecular weight is 604 g/mol. The van der Waals surface area contributed by atoms with Crippen LogP contribution in [-0.2, 0) is 9.23 Å². The van der Waals surface area contributed by atoms with Crippen LogP contribution in [-0.4, -0.2) is 75.6 Å². The first kappa shape index (κ1) is 30.4. The van der Waals surface area contributed by atoms with Crippen molar-refractivity contribution in [2.75, 3.05) is 26.4 Å². The molecular weight excluding hydrogens is 558 g/mol. The van der Waals surface area contributed by atoms with Gasteiger partial charge in [-0.2, -0.15) is 0 Å². The van der Waals surface area contributed by atoms with Crippen LogP contribution in [0.15, 0.2) is 0 Å². The number of aliphatic hydroxyl groups excluding tert-OH is 2. The minimum atomic E-state index is -2.43. The van der Waals surface area contributed by atoms with E-state index in [-0.39, 0.29) is 13.2 Å². The Balaban J connectivity index is 0. The second-order valence-corrected chi connectivity index (χ2v) is 22.6. The molecule has 0 aromatic carbocycles. The van der Waals surface area contributed by atoms with E-state index in [2.05, 4.69) is 27.7 Å². The molecule has 1 rings (SSSR count). The van der Waals surface area contributed by atoms with E-state index < -0.39 is 39.0 Å². The fourth-order valence-electron chi connectivity index (χ4n) is 2.68. The van der Waals surface area contributed by atoms with E-state index in [1.54, 1.807) is 0 Å². The fourth-order valence-corrected chi connectivity index (χ4v) is 17.9. The first-order valence-corrected chi connectivity index (χ1v) is 22.6. The summed E-state index contributed by atoms with van der Waals surface area (Å²) in [6, 6.07) is 0. The predicted octanol–water partition coefficient (Wildman–Crippen LogP) is 5.06. The Morgan fingerprint density at radius 2 is 1.11 bits per heavy atom. The first-order valence-electron chi connectivity index (χ1n) is 11.1. The molecule has 0 radical (unpaired) electrons. The summed E-state index contributed by atoms with van der Waals surface area (Å²) >= 11 is -4.42. The molecule has 1 heterocycles. The first-order chi connectivity index (χ1) is 13.1. The molecule has 164 valence electrons. The van der Waals surface area contributed by atoms with Gasteiger partial charge in [0.1, 0.15) is 0 Å². The van der Waals surface area contributed by atoms with Crippen molar-refractivity contribution in [2.45, 2.75) is 96.8 Å². The van der Waals surface area contributed by atoms with Crippen molar-refractivity contribution >= 4 is 39.0 Å². The molecule has 0 aliphatic carbocycles. The van der Waals surface area contributed by atoms with Crippen molar-refractivity contribution in [3.05, 3.63) is 0 Å². The van der Waals surface area contributed by atoms with E-state index in [0.29, 0.717) is 0 Å². The molecule has 0 aromatic rings. The van der Waals surface area contributed by atoms with Crippen molar-refractivity contribution in [3.8, 4) is 0 Å². The van der Waals surface area contributed by atoms with Crippen molar-refractivity contribution in [3.63, 3.8) is 0 Å². The Hall–Kier alpha value is 1.24. The quantitative estimate of drug-likeness (QED) is 0.288. The van der Waals surface area contributed by atoms with Gasteiger partial charge in [-0.1, -0.05) is 0 Å². The van der Waals surface area contributed by atoms with Gasteiger partial charge in [-0.05, 0) is 0 Å². The third kappa shape index (κ3) is 20.3. The molecule has 0 aromatic heterocycles. The average Bonchev–Trinajstić information content (AvgIpc) is 3.17. The monoisotopic (exact) mass is 606 g/mol. The minimum Gasteiger partial charge on any atom is -0.394 e. The zero-order valence-corrected chi connectivity index (χ0v) is 24.1. The minimum absolute atomic E-state index is 0.125. The normalized spacial score (nSPS) is 14.7. The molecule has 1 fully saturated rings. The summed E-state index contributed by atoms with van der Waals surface area (Å²) in [5, 5.41) is 15.2. The standard InChI is InChI=1S/4C4H9.C2H6O2.C2H4O2.O.2Sn/c4*1-3-4-2;2*3-1-2-4;;;/h4*1,3-4H2,2H3;3-4H,1-2H2;1-2H2;;;/q;;;;;-2;;;+2. The molecular formula is C20H46O5Sn2. The molecule has 27 heavy (non-hydrogen) atoms. The second kappa shape index (κ2) is 23.5. The van der Waals surface area contributed by atoms with Crippen LogP contribution in [0.2, 0.25) is 17.7 Å². The summed E-state index contributed by atoms with van der Waals surface area (Å²) in [6.45, 7) is 10.3. The third-order valence-electron chi connectivity index (χ3n) is 4.35. The van der Waals surface area contributed by atoms with Gasteiger partial charge in [0.25, 0.3) is 0 Å². The number of rotatable bonds is 13. The maximum Gasteiger partial charge on any atom is 0.0662 e. The molecule has 0 spiro atoms. The Bertz CT molecular complexity index is 289. The van der Waals surface area contributed by atoms with Gasteiger partial charge in [-0.15, -0.1) is 0 Å². The van der Waals surface area contributed by atoms with Gasteiger partial charge < -0.3 is 10.2 Å². The Morgan fingerprint density at radius 3 is 1.41 bits per heavy atom. The zero-order valence-electron chi connectivity index (χ0n) is 18.4. The van der Waals surface area contributed by atoms with E-state index in [1.807, 2.05) is 0 Å². The van der Waals surface area contributed by atoms with E-state index in [1.165, 1.54) is 60.2 Å². The van der Waals surface area contributed by atoms with Gasteiger partial charge in [-0.25, -0.2) is 0 Å². The van der Waals surface area contributed by atoms with Crippen LogP contribution in [0.25, 0.3) is 0 Å². The van der Waals surface area contributed by atoms with E-state index in [4.69, 9.17) is 16.4 Å². The van der Waals surface area contributed by atoms with Gasteiger partial charge in [0, 0.05) is 0 Å². The van der Waals surface area contributed by atoms with Crippen LogP contribution in [0.4, 0.5) is 0 Å². The zero-order chi connectivity index (χ0) is 20.8. The van der Waals surface area contributed by atoms with Gasteiger partial charge >= 0.3 is 158 Å². The maximum absolute atomic E-state index is 11.2. The van der Waals surface area contributed by atoms with Crippen LogP contribution in [0.3, 0.4) is 0 Å². The van der Waals surface area contributed by atoms with E-state index in [9.17, 15) is 3.08 Å². The smallest absolute Gasteiger partial charge is 0.0662 e.